The van der Waals surface area contributed by atoms with Crippen molar-refractivity contribution < 1.29 is 19.1 Å². The number of hydrogen-bond donors (Lipinski definition) is 2. The lowest BCUT2D eigenvalue weighted by Crippen LogP contribution is -2.46. The van der Waals surface area contributed by atoms with Crippen LogP contribution in [0.2, 0.25) is 0 Å². The monoisotopic (exact) mass is 459 g/mol. The number of nitrogens with one attached hydrogen (secondary N) is 2. The molecular weight excluding hydrogens is 418 g/mol. The van der Waals surface area contributed by atoms with Gasteiger partial charge in [-0.1, -0.05) is 5.57 Å². The maximum atomic E-state index is 12.5. The van der Waals surface area contributed by atoms with Crippen LogP contribution in [0.5, 0.6) is 0 Å². The zero-order valence-corrected chi connectivity index (χ0v) is 20.4. The molecule has 0 spiro atoms. The van der Waals surface area contributed by atoms with Gasteiger partial charge < -0.3 is 20.3 Å². The van der Waals surface area contributed by atoms with Crippen molar-refractivity contribution in [1.29, 1.82) is 0 Å². The summed E-state index contributed by atoms with van der Waals surface area (Å²) in [4.78, 5) is 38.2. The summed E-state index contributed by atoms with van der Waals surface area (Å²) in [6.45, 7) is 6.06. The van der Waals surface area contributed by atoms with Gasteiger partial charge in [0.2, 0.25) is 11.8 Å². The molecule has 4 saturated carbocycles. The molecule has 0 atom stereocenters. The second-order valence-corrected chi connectivity index (χ2v) is 10.9. The number of carbonyl (C=O) groups is 3. The van der Waals surface area contributed by atoms with Gasteiger partial charge in [0, 0.05) is 38.2 Å². The number of rotatable bonds is 8. The zero-order valence-electron chi connectivity index (χ0n) is 20.4. The van der Waals surface area contributed by atoms with E-state index in [-0.39, 0.29) is 29.4 Å². The smallest absolute Gasteiger partial charge is 0.409 e. The number of nitrogens with zero attached hydrogens (tertiary/aromatic N) is 1. The molecule has 5 rings (SSSR count). The number of allylic oxidation sites excluding steroid dienone is 1. The molecule has 4 aliphatic carbocycles. The quantitative estimate of drug-likeness (QED) is 0.427. The largest absolute Gasteiger partial charge is 0.450 e. The number of carbonyl (C=O) groups excluding carboxylic acids is 3. The summed E-state index contributed by atoms with van der Waals surface area (Å²) in [5.41, 5.74) is 1.54. The van der Waals surface area contributed by atoms with E-state index in [1.54, 1.807) is 11.8 Å². The summed E-state index contributed by atoms with van der Waals surface area (Å²) in [7, 11) is 0. The van der Waals surface area contributed by atoms with Crippen molar-refractivity contribution in [3.05, 3.63) is 11.6 Å². The van der Waals surface area contributed by atoms with E-state index in [4.69, 9.17) is 4.74 Å². The first-order chi connectivity index (χ1) is 15.9. The normalized spacial score (nSPS) is 31.4. The fourth-order valence-corrected chi connectivity index (χ4v) is 7.18. The number of piperidine rings is 1. The third-order valence-electron chi connectivity index (χ3n) is 8.49. The minimum atomic E-state index is -0.273. The van der Waals surface area contributed by atoms with Crippen LogP contribution >= 0.6 is 0 Å². The van der Waals surface area contributed by atoms with Crippen LogP contribution in [-0.4, -0.2) is 55.1 Å². The molecule has 5 fully saturated rings. The Morgan fingerprint density at radius 2 is 1.64 bits per heavy atom. The molecule has 7 heteroatoms. The van der Waals surface area contributed by atoms with E-state index < -0.39 is 0 Å². The van der Waals surface area contributed by atoms with E-state index >= 15 is 0 Å². The first kappa shape index (κ1) is 24.1. The van der Waals surface area contributed by atoms with E-state index in [9.17, 15) is 14.4 Å². The lowest BCUT2D eigenvalue weighted by atomic mass is 9.48. The molecule has 5 aliphatic rings. The maximum Gasteiger partial charge on any atom is 0.409 e. The molecule has 1 heterocycles. The standard InChI is InChI=1S/C26H41N3O4/c1-3-33-25(32)29-9-6-22(7-10-29)28-23(30)5-4-8-27-24(31)11-18(2)26-15-19-12-20(16-26)14-21(13-19)17-26/h11,19-22H,3-10,12-17H2,1-2H3,(H,27,31)(H,28,30)/b18-11-. The molecule has 0 radical (unpaired) electrons. The molecular formula is C26H41N3O4. The highest BCUT2D eigenvalue weighted by Gasteiger charge is 2.51. The Morgan fingerprint density at radius 1 is 1.03 bits per heavy atom. The molecule has 1 aliphatic heterocycles. The van der Waals surface area contributed by atoms with Crippen LogP contribution in [0.4, 0.5) is 4.79 Å². The minimum absolute atomic E-state index is 0.0131. The molecule has 2 N–H and O–H groups in total. The fourth-order valence-electron chi connectivity index (χ4n) is 7.18. The highest BCUT2D eigenvalue weighted by Crippen LogP contribution is 2.62. The Hall–Kier alpha value is -2.05. The van der Waals surface area contributed by atoms with Crippen molar-refractivity contribution in [2.75, 3.05) is 26.2 Å². The summed E-state index contributed by atoms with van der Waals surface area (Å²) in [6, 6.07) is 0.101. The number of likely N-dealkylation sites (tertiary alicyclic amines) is 1. The van der Waals surface area contributed by atoms with Crippen LogP contribution in [-0.2, 0) is 14.3 Å². The lowest BCUT2D eigenvalue weighted by molar-refractivity contribution is -0.122. The number of ether oxygens (including phenoxy) is 1. The summed E-state index contributed by atoms with van der Waals surface area (Å²) >= 11 is 0. The van der Waals surface area contributed by atoms with Gasteiger partial charge >= 0.3 is 6.09 Å². The Bertz CT molecular complexity index is 734. The van der Waals surface area contributed by atoms with Gasteiger partial charge in [-0.25, -0.2) is 4.79 Å². The molecule has 0 aromatic carbocycles. The molecule has 184 valence electrons. The first-order valence-corrected chi connectivity index (χ1v) is 13.0. The third kappa shape index (κ3) is 5.90. The third-order valence-corrected chi connectivity index (χ3v) is 8.49. The molecule has 0 aromatic rings. The van der Waals surface area contributed by atoms with Gasteiger partial charge in [-0.05, 0) is 94.8 Å². The van der Waals surface area contributed by atoms with Crippen molar-refractivity contribution in [2.45, 2.75) is 84.1 Å². The van der Waals surface area contributed by atoms with Gasteiger partial charge in [0.05, 0.1) is 6.61 Å². The summed E-state index contributed by atoms with van der Waals surface area (Å²) < 4.78 is 5.03. The van der Waals surface area contributed by atoms with E-state index in [0.717, 1.165) is 30.6 Å². The van der Waals surface area contributed by atoms with Crippen LogP contribution in [0, 0.1) is 23.2 Å². The summed E-state index contributed by atoms with van der Waals surface area (Å²) in [5.74, 6) is 2.62. The summed E-state index contributed by atoms with van der Waals surface area (Å²) in [6.07, 6.45) is 12.1. The van der Waals surface area contributed by atoms with Crippen molar-refractivity contribution in [1.82, 2.24) is 15.5 Å². The second kappa shape index (κ2) is 10.5. The minimum Gasteiger partial charge on any atom is -0.450 e. The van der Waals surface area contributed by atoms with Crippen LogP contribution in [0.25, 0.3) is 0 Å². The first-order valence-electron chi connectivity index (χ1n) is 13.0. The van der Waals surface area contributed by atoms with Crippen LogP contribution in [0.15, 0.2) is 11.6 Å². The van der Waals surface area contributed by atoms with Gasteiger partial charge in [-0.2, -0.15) is 0 Å². The van der Waals surface area contributed by atoms with Gasteiger partial charge in [0.25, 0.3) is 0 Å². The average molecular weight is 460 g/mol. The topological polar surface area (TPSA) is 87.7 Å². The highest BCUT2D eigenvalue weighted by molar-refractivity contribution is 5.88. The van der Waals surface area contributed by atoms with E-state index in [0.29, 0.717) is 39.1 Å². The number of hydrogen-bond acceptors (Lipinski definition) is 4. The van der Waals surface area contributed by atoms with Gasteiger partial charge in [-0.15, -0.1) is 0 Å². The van der Waals surface area contributed by atoms with Gasteiger partial charge in [0.1, 0.15) is 0 Å². The van der Waals surface area contributed by atoms with Crippen molar-refractivity contribution in [2.24, 2.45) is 23.2 Å². The molecule has 4 bridgehead atoms. The zero-order chi connectivity index (χ0) is 23.4. The van der Waals surface area contributed by atoms with Gasteiger partial charge in [-0.3, -0.25) is 9.59 Å². The van der Waals surface area contributed by atoms with E-state index in [2.05, 4.69) is 17.6 Å². The average Bonchev–Trinajstić information content (AvgIpc) is 2.76. The van der Waals surface area contributed by atoms with Crippen LogP contribution < -0.4 is 10.6 Å². The molecule has 0 aromatic heterocycles. The molecule has 7 nitrogen and oxygen atoms in total. The Kier molecular flexibility index (Phi) is 7.65. The van der Waals surface area contributed by atoms with Crippen molar-refractivity contribution >= 4 is 17.9 Å². The predicted molar refractivity (Wildman–Crippen MR) is 126 cm³/mol. The molecule has 0 unspecified atom stereocenters. The predicted octanol–water partition coefficient (Wildman–Crippen LogP) is 3.78. The molecule has 33 heavy (non-hydrogen) atoms. The van der Waals surface area contributed by atoms with Crippen molar-refractivity contribution in [3.8, 4) is 0 Å². The van der Waals surface area contributed by atoms with Crippen LogP contribution in [0.3, 0.4) is 0 Å². The Balaban J connectivity index is 1.12. The fraction of sp³-hybridized carbons (Fsp3) is 0.808. The van der Waals surface area contributed by atoms with Crippen molar-refractivity contribution in [3.63, 3.8) is 0 Å². The summed E-state index contributed by atoms with van der Waals surface area (Å²) in [5, 5.41) is 6.04. The Morgan fingerprint density at radius 3 is 2.21 bits per heavy atom. The Labute approximate surface area is 198 Å². The van der Waals surface area contributed by atoms with E-state index in [1.165, 1.54) is 44.1 Å². The molecule has 1 saturated heterocycles. The van der Waals surface area contributed by atoms with Gasteiger partial charge in [0.15, 0.2) is 0 Å². The number of amides is 3. The highest BCUT2D eigenvalue weighted by atomic mass is 16.6. The second-order valence-electron chi connectivity index (χ2n) is 10.9. The maximum absolute atomic E-state index is 12.5. The van der Waals surface area contributed by atoms with E-state index in [1.807, 2.05) is 6.08 Å². The lowest BCUT2D eigenvalue weighted by Gasteiger charge is -2.57. The molecule has 3 amide bonds. The van der Waals surface area contributed by atoms with Crippen LogP contribution in [0.1, 0.15) is 78.1 Å². The SMILES string of the molecule is CCOC(=O)N1CCC(NC(=O)CCCNC(=O)/C=C(/C)C23CC4CC(CC(C4)C2)C3)CC1.